The largest absolute Gasteiger partial charge is 0.493 e. The number of anilines is 1. The van der Waals surface area contributed by atoms with Gasteiger partial charge in [-0.1, -0.05) is 0 Å². The first-order chi connectivity index (χ1) is 20.9. The lowest BCUT2D eigenvalue weighted by Crippen LogP contribution is -2.58. The fourth-order valence-corrected chi connectivity index (χ4v) is 6.73. The molecule has 0 saturated heterocycles. The number of pyridine rings is 1. The second-order valence-corrected chi connectivity index (χ2v) is 11.6. The van der Waals surface area contributed by atoms with Crippen LogP contribution in [0.3, 0.4) is 0 Å². The van der Waals surface area contributed by atoms with Crippen LogP contribution in [0.4, 0.5) is 5.69 Å². The summed E-state index contributed by atoms with van der Waals surface area (Å²) in [5.74, 6) is 1.53. The Morgan fingerprint density at radius 1 is 0.884 bits per heavy atom. The van der Waals surface area contributed by atoms with Crippen molar-refractivity contribution in [1.82, 2.24) is 10.3 Å². The highest BCUT2D eigenvalue weighted by molar-refractivity contribution is 6.13. The zero-order valence-corrected chi connectivity index (χ0v) is 24.7. The highest BCUT2D eigenvalue weighted by Gasteiger charge is 2.58. The lowest BCUT2D eigenvalue weighted by molar-refractivity contribution is -0.156. The molecule has 10 heteroatoms. The summed E-state index contributed by atoms with van der Waals surface area (Å²) in [4.78, 5) is 44.1. The van der Waals surface area contributed by atoms with Crippen molar-refractivity contribution in [1.29, 1.82) is 0 Å². The molecule has 0 aliphatic heterocycles. The van der Waals surface area contributed by atoms with E-state index in [2.05, 4.69) is 15.6 Å². The molecular weight excluding hydrogens is 550 g/mol. The number of carbonyl (C=O) groups is 3. The summed E-state index contributed by atoms with van der Waals surface area (Å²) in [5, 5.41) is 6.80. The Balaban J connectivity index is 1.12. The topological polar surface area (TPSA) is 125 Å². The normalized spacial score (nSPS) is 23.2. The summed E-state index contributed by atoms with van der Waals surface area (Å²) < 4.78 is 22.3. The molecule has 1 aromatic heterocycles. The zero-order chi connectivity index (χ0) is 30.1. The van der Waals surface area contributed by atoms with E-state index in [4.69, 9.17) is 18.9 Å². The first-order valence-corrected chi connectivity index (χ1v) is 14.9. The van der Waals surface area contributed by atoms with Crippen LogP contribution in [-0.4, -0.2) is 49.6 Å². The predicted molar refractivity (Wildman–Crippen MR) is 159 cm³/mol. The Hall–Kier alpha value is -4.34. The minimum atomic E-state index is -1.12. The van der Waals surface area contributed by atoms with Crippen molar-refractivity contribution in [2.75, 3.05) is 26.1 Å². The highest BCUT2D eigenvalue weighted by Crippen LogP contribution is 2.50. The van der Waals surface area contributed by atoms with E-state index in [0.29, 0.717) is 53.7 Å². The number of amides is 2. The van der Waals surface area contributed by atoms with E-state index in [1.807, 2.05) is 6.07 Å². The van der Waals surface area contributed by atoms with Crippen molar-refractivity contribution in [3.63, 3.8) is 0 Å². The van der Waals surface area contributed by atoms with Crippen LogP contribution >= 0.6 is 0 Å². The molecule has 4 aliphatic carbocycles. The maximum absolute atomic E-state index is 13.5. The van der Waals surface area contributed by atoms with Crippen LogP contribution in [0.5, 0.6) is 23.0 Å². The van der Waals surface area contributed by atoms with E-state index in [9.17, 15) is 14.4 Å². The molecule has 2 N–H and O–H groups in total. The number of hydrogen-bond acceptors (Lipinski definition) is 8. The number of aromatic nitrogens is 1. The number of esters is 1. The summed E-state index contributed by atoms with van der Waals surface area (Å²) >= 11 is 0. The molecule has 4 fully saturated rings. The minimum absolute atomic E-state index is 0.217. The van der Waals surface area contributed by atoms with Crippen molar-refractivity contribution < 1.29 is 33.3 Å². The molecule has 4 saturated carbocycles. The van der Waals surface area contributed by atoms with Crippen LogP contribution in [0.15, 0.2) is 48.7 Å². The minimum Gasteiger partial charge on any atom is -0.493 e. The summed E-state index contributed by atoms with van der Waals surface area (Å²) in [6.45, 7) is 2.11. The average Bonchev–Trinajstić information content (AvgIpc) is 3.85. The first kappa shape index (κ1) is 28.8. The van der Waals surface area contributed by atoms with Crippen molar-refractivity contribution in [2.24, 2.45) is 23.2 Å². The Morgan fingerprint density at radius 2 is 1.56 bits per heavy atom. The van der Waals surface area contributed by atoms with Gasteiger partial charge in [-0.25, -0.2) is 0 Å². The predicted octanol–water partition coefficient (Wildman–Crippen LogP) is 5.25. The van der Waals surface area contributed by atoms with E-state index in [1.165, 1.54) is 0 Å². The molecule has 2 atom stereocenters. The van der Waals surface area contributed by atoms with Gasteiger partial charge in [0.25, 0.3) is 0 Å². The van der Waals surface area contributed by atoms with Crippen LogP contribution in [0.25, 0.3) is 10.9 Å². The van der Waals surface area contributed by atoms with Crippen molar-refractivity contribution in [2.45, 2.75) is 51.5 Å². The van der Waals surface area contributed by atoms with Crippen LogP contribution in [0.2, 0.25) is 0 Å². The van der Waals surface area contributed by atoms with Gasteiger partial charge in [0, 0.05) is 29.4 Å². The van der Waals surface area contributed by atoms with Crippen LogP contribution in [0, 0.1) is 23.2 Å². The quantitative estimate of drug-likeness (QED) is 0.244. The second kappa shape index (κ2) is 11.7. The average molecular weight is 588 g/mol. The van der Waals surface area contributed by atoms with Crippen molar-refractivity contribution in [3.05, 3.63) is 48.7 Å². The standard InChI is InChI=1S/C33H37N3O7/c1-4-42-30(37)28-19-5-7-20(8-6-19)29(28)36-32(39)33(14-15-33)31(38)35-21-9-11-22(12-10-21)43-25-13-16-34-24-18-27(41-3)26(40-2)17-23(24)25/h9-13,16-20,28-29H,4-8,14-15H2,1-3H3,(H,35,38)(H,36,39)/t19?,20?,28-,29-/m1/s1. The molecule has 2 amide bonds. The number of ether oxygens (including phenoxy) is 4. The zero-order valence-electron chi connectivity index (χ0n) is 24.7. The van der Waals surface area contributed by atoms with Gasteiger partial charge in [-0.3, -0.25) is 19.4 Å². The lowest BCUT2D eigenvalue weighted by Gasteiger charge is -2.47. The molecule has 10 nitrogen and oxygen atoms in total. The maximum atomic E-state index is 13.5. The summed E-state index contributed by atoms with van der Waals surface area (Å²) in [5.41, 5.74) is 0.131. The van der Waals surface area contributed by atoms with Gasteiger partial charge in [-0.05, 0) is 93.7 Å². The number of hydrogen-bond donors (Lipinski definition) is 2. The Bertz CT molecular complexity index is 1530. The third-order valence-electron chi connectivity index (χ3n) is 9.24. The van der Waals surface area contributed by atoms with Gasteiger partial charge in [-0.15, -0.1) is 0 Å². The third kappa shape index (κ3) is 5.46. The Morgan fingerprint density at radius 3 is 2.21 bits per heavy atom. The van der Waals surface area contributed by atoms with E-state index >= 15 is 0 Å². The molecule has 0 spiro atoms. The second-order valence-electron chi connectivity index (χ2n) is 11.6. The fourth-order valence-electron chi connectivity index (χ4n) is 6.73. The molecule has 2 aromatic carbocycles. The third-order valence-corrected chi connectivity index (χ3v) is 9.24. The van der Waals surface area contributed by atoms with Crippen LogP contribution < -0.4 is 24.8 Å². The van der Waals surface area contributed by atoms with Crippen molar-refractivity contribution in [3.8, 4) is 23.0 Å². The highest BCUT2D eigenvalue weighted by atomic mass is 16.5. The number of benzene rings is 2. The number of nitrogens with zero attached hydrogens (tertiary/aromatic N) is 1. The Labute approximate surface area is 250 Å². The summed E-state index contributed by atoms with van der Waals surface area (Å²) in [6.07, 6.45) is 6.52. The van der Waals surface area contributed by atoms with Gasteiger partial charge in [0.2, 0.25) is 11.8 Å². The number of nitrogens with one attached hydrogen (secondary N) is 2. The molecule has 0 radical (unpaired) electrons. The summed E-state index contributed by atoms with van der Waals surface area (Å²) in [7, 11) is 3.15. The van der Waals surface area contributed by atoms with Gasteiger partial charge in [-0.2, -0.15) is 0 Å². The van der Waals surface area contributed by atoms with Crippen LogP contribution in [-0.2, 0) is 19.1 Å². The van der Waals surface area contributed by atoms with E-state index in [1.54, 1.807) is 63.7 Å². The fraction of sp³-hybridized carbons (Fsp3) is 0.455. The van der Waals surface area contributed by atoms with Crippen molar-refractivity contribution >= 4 is 34.4 Å². The molecule has 0 unspecified atom stereocenters. The molecule has 226 valence electrons. The number of methoxy groups -OCH3 is 2. The number of carbonyl (C=O) groups excluding carboxylic acids is 3. The molecule has 4 aliphatic rings. The first-order valence-electron chi connectivity index (χ1n) is 14.9. The lowest BCUT2D eigenvalue weighted by atomic mass is 9.61. The monoisotopic (exact) mass is 587 g/mol. The molecule has 7 rings (SSSR count). The SMILES string of the molecule is CCOC(=O)[C@@H]1C2CCC(CC2)[C@H]1NC(=O)C1(C(=O)Nc2ccc(Oc3ccnc4cc(OC)c(OC)cc34)cc2)CC1. The van der Waals surface area contributed by atoms with Gasteiger partial charge in [0.05, 0.1) is 32.3 Å². The Kier molecular flexibility index (Phi) is 7.85. The molecule has 3 aromatic rings. The van der Waals surface area contributed by atoms with Gasteiger partial charge in [0.1, 0.15) is 16.9 Å². The van der Waals surface area contributed by atoms with Gasteiger partial charge in [0.15, 0.2) is 11.5 Å². The summed E-state index contributed by atoms with van der Waals surface area (Å²) in [6, 6.07) is 12.1. The van der Waals surface area contributed by atoms with E-state index in [0.717, 1.165) is 31.1 Å². The van der Waals surface area contributed by atoms with E-state index in [-0.39, 0.29) is 41.6 Å². The van der Waals surface area contributed by atoms with Gasteiger partial charge >= 0.3 is 5.97 Å². The number of rotatable bonds is 10. The molecule has 1 heterocycles. The van der Waals surface area contributed by atoms with Gasteiger partial charge < -0.3 is 29.6 Å². The smallest absolute Gasteiger partial charge is 0.311 e. The van der Waals surface area contributed by atoms with E-state index < -0.39 is 5.41 Å². The number of fused-ring (bicyclic) bond motifs is 4. The maximum Gasteiger partial charge on any atom is 0.311 e. The molecular formula is C33H37N3O7. The molecule has 2 bridgehead atoms. The molecule has 43 heavy (non-hydrogen) atoms. The van der Waals surface area contributed by atoms with Crippen LogP contribution in [0.1, 0.15) is 45.4 Å².